The Kier molecular flexibility index (Phi) is 3.19. The molecule has 0 saturated carbocycles. The summed E-state index contributed by atoms with van der Waals surface area (Å²) in [7, 11) is 0. The highest BCUT2D eigenvalue weighted by atomic mass is 15.1. The first-order valence-electron chi connectivity index (χ1n) is 7.18. The number of hydrogen-bond donors (Lipinski definition) is 0. The summed E-state index contributed by atoms with van der Waals surface area (Å²) < 4.78 is 0. The van der Waals surface area contributed by atoms with Crippen molar-refractivity contribution in [3.05, 3.63) is 35.4 Å². The molecule has 1 aliphatic carbocycles. The third-order valence-electron chi connectivity index (χ3n) is 4.74. The molecule has 17 heavy (non-hydrogen) atoms. The fraction of sp³-hybridized carbons (Fsp3) is 0.625. The normalized spacial score (nSPS) is 29.2. The number of aryl methyl sites for hydroxylation is 1. The van der Waals surface area contributed by atoms with Crippen LogP contribution in [0.4, 0.5) is 0 Å². The number of benzene rings is 1. The van der Waals surface area contributed by atoms with Crippen LogP contribution < -0.4 is 0 Å². The van der Waals surface area contributed by atoms with E-state index in [2.05, 4.69) is 36.1 Å². The van der Waals surface area contributed by atoms with Gasteiger partial charge >= 0.3 is 0 Å². The minimum Gasteiger partial charge on any atom is -0.303 e. The van der Waals surface area contributed by atoms with Crippen LogP contribution in [-0.2, 0) is 6.42 Å². The summed E-state index contributed by atoms with van der Waals surface area (Å²) in [6.45, 7) is 6.17. The van der Waals surface area contributed by atoms with E-state index in [-0.39, 0.29) is 0 Å². The summed E-state index contributed by atoms with van der Waals surface area (Å²) in [5.74, 6) is 1.76. The SMILES string of the molecule is CCN1CCCC(C2CCc3ccccc32)C1. The van der Waals surface area contributed by atoms with Crippen LogP contribution in [0.1, 0.15) is 43.2 Å². The van der Waals surface area contributed by atoms with Gasteiger partial charge in [0.05, 0.1) is 0 Å². The predicted molar refractivity (Wildman–Crippen MR) is 72.3 cm³/mol. The van der Waals surface area contributed by atoms with Crippen molar-refractivity contribution < 1.29 is 0 Å². The summed E-state index contributed by atoms with van der Waals surface area (Å²) in [5, 5.41) is 0. The van der Waals surface area contributed by atoms with Crippen molar-refractivity contribution >= 4 is 0 Å². The minimum atomic E-state index is 0.848. The standard InChI is InChI=1S/C16H23N/c1-2-17-11-5-7-14(12-17)16-10-9-13-6-3-4-8-15(13)16/h3-4,6,8,14,16H,2,5,7,9-12H2,1H3. The first-order valence-corrected chi connectivity index (χ1v) is 7.18. The van der Waals surface area contributed by atoms with Crippen molar-refractivity contribution in [2.75, 3.05) is 19.6 Å². The first-order chi connectivity index (χ1) is 8.38. The molecule has 1 fully saturated rings. The van der Waals surface area contributed by atoms with Crippen molar-refractivity contribution in [2.45, 2.75) is 38.5 Å². The lowest BCUT2D eigenvalue weighted by atomic mass is 9.82. The summed E-state index contributed by atoms with van der Waals surface area (Å²) in [4.78, 5) is 2.63. The van der Waals surface area contributed by atoms with E-state index in [0.717, 1.165) is 11.8 Å². The quantitative estimate of drug-likeness (QED) is 0.751. The summed E-state index contributed by atoms with van der Waals surface area (Å²) in [6.07, 6.45) is 5.54. The van der Waals surface area contributed by atoms with Crippen molar-refractivity contribution in [3.8, 4) is 0 Å². The Morgan fingerprint density at radius 2 is 2.12 bits per heavy atom. The molecule has 2 aliphatic rings. The molecular formula is C16H23N. The molecule has 0 radical (unpaired) electrons. The molecule has 0 N–H and O–H groups in total. The summed E-state index contributed by atoms with van der Waals surface area (Å²) >= 11 is 0. The topological polar surface area (TPSA) is 3.24 Å². The van der Waals surface area contributed by atoms with Crippen molar-refractivity contribution in [1.29, 1.82) is 0 Å². The molecule has 2 unspecified atom stereocenters. The maximum Gasteiger partial charge on any atom is 0.00154 e. The average molecular weight is 229 g/mol. The Bertz CT molecular complexity index is 385. The lowest BCUT2D eigenvalue weighted by Crippen LogP contribution is -2.37. The summed E-state index contributed by atoms with van der Waals surface area (Å²) in [5.41, 5.74) is 3.28. The van der Waals surface area contributed by atoms with E-state index in [1.54, 1.807) is 11.1 Å². The minimum absolute atomic E-state index is 0.848. The highest BCUT2D eigenvalue weighted by molar-refractivity contribution is 5.35. The first kappa shape index (κ1) is 11.3. The molecule has 1 heterocycles. The van der Waals surface area contributed by atoms with E-state index in [1.165, 1.54) is 45.3 Å². The van der Waals surface area contributed by atoms with E-state index >= 15 is 0 Å². The second-order valence-electron chi connectivity index (χ2n) is 5.64. The molecule has 1 aliphatic heterocycles. The second-order valence-corrected chi connectivity index (χ2v) is 5.64. The van der Waals surface area contributed by atoms with Gasteiger partial charge in [-0.2, -0.15) is 0 Å². The van der Waals surface area contributed by atoms with Gasteiger partial charge in [-0.25, -0.2) is 0 Å². The molecule has 0 amide bonds. The van der Waals surface area contributed by atoms with Crippen LogP contribution in [-0.4, -0.2) is 24.5 Å². The zero-order valence-corrected chi connectivity index (χ0v) is 10.9. The molecular weight excluding hydrogens is 206 g/mol. The largest absolute Gasteiger partial charge is 0.303 e. The smallest absolute Gasteiger partial charge is 0.00154 e. The molecule has 0 bridgehead atoms. The van der Waals surface area contributed by atoms with Crippen LogP contribution >= 0.6 is 0 Å². The molecule has 0 spiro atoms. The highest BCUT2D eigenvalue weighted by Crippen LogP contribution is 2.41. The van der Waals surface area contributed by atoms with Gasteiger partial charge in [-0.15, -0.1) is 0 Å². The molecule has 1 aromatic rings. The van der Waals surface area contributed by atoms with E-state index in [9.17, 15) is 0 Å². The lowest BCUT2D eigenvalue weighted by Gasteiger charge is -2.35. The molecule has 1 heteroatoms. The monoisotopic (exact) mass is 229 g/mol. The van der Waals surface area contributed by atoms with Gasteiger partial charge in [0.1, 0.15) is 0 Å². The van der Waals surface area contributed by atoms with Gasteiger partial charge in [-0.1, -0.05) is 31.2 Å². The molecule has 3 rings (SSSR count). The molecule has 1 aromatic carbocycles. The maximum absolute atomic E-state index is 2.63. The number of likely N-dealkylation sites (tertiary alicyclic amines) is 1. The number of nitrogens with zero attached hydrogens (tertiary/aromatic N) is 1. The molecule has 0 aromatic heterocycles. The molecule has 92 valence electrons. The van der Waals surface area contributed by atoms with E-state index < -0.39 is 0 Å². The van der Waals surface area contributed by atoms with Crippen LogP contribution in [0.3, 0.4) is 0 Å². The van der Waals surface area contributed by atoms with Gasteiger partial charge in [0, 0.05) is 6.54 Å². The molecule has 1 nitrogen and oxygen atoms in total. The van der Waals surface area contributed by atoms with Crippen molar-refractivity contribution in [3.63, 3.8) is 0 Å². The maximum atomic E-state index is 2.63. The third-order valence-corrected chi connectivity index (χ3v) is 4.74. The Hall–Kier alpha value is -0.820. The van der Waals surface area contributed by atoms with Crippen LogP contribution in [0.25, 0.3) is 0 Å². The average Bonchev–Trinajstić information content (AvgIpc) is 2.82. The van der Waals surface area contributed by atoms with E-state index in [1.807, 2.05) is 0 Å². The number of fused-ring (bicyclic) bond motifs is 1. The van der Waals surface area contributed by atoms with Crippen LogP contribution in [0.15, 0.2) is 24.3 Å². The predicted octanol–water partition coefficient (Wildman–Crippen LogP) is 3.45. The summed E-state index contributed by atoms with van der Waals surface area (Å²) in [6, 6.07) is 9.12. The Morgan fingerprint density at radius 1 is 1.24 bits per heavy atom. The Labute approximate surface area is 105 Å². The van der Waals surface area contributed by atoms with Gasteiger partial charge in [0.15, 0.2) is 0 Å². The van der Waals surface area contributed by atoms with Gasteiger partial charge in [0.2, 0.25) is 0 Å². The van der Waals surface area contributed by atoms with Crippen LogP contribution in [0.2, 0.25) is 0 Å². The Balaban J connectivity index is 1.77. The van der Waals surface area contributed by atoms with Crippen molar-refractivity contribution in [2.24, 2.45) is 5.92 Å². The van der Waals surface area contributed by atoms with Crippen LogP contribution in [0.5, 0.6) is 0 Å². The molecule has 2 atom stereocenters. The zero-order chi connectivity index (χ0) is 11.7. The van der Waals surface area contributed by atoms with Gasteiger partial charge in [0.25, 0.3) is 0 Å². The number of hydrogen-bond acceptors (Lipinski definition) is 1. The zero-order valence-electron chi connectivity index (χ0n) is 10.9. The number of rotatable bonds is 2. The lowest BCUT2D eigenvalue weighted by molar-refractivity contribution is 0.163. The number of piperidine rings is 1. The van der Waals surface area contributed by atoms with E-state index in [0.29, 0.717) is 0 Å². The van der Waals surface area contributed by atoms with Crippen LogP contribution in [0, 0.1) is 5.92 Å². The van der Waals surface area contributed by atoms with Gasteiger partial charge in [-0.05, 0) is 61.7 Å². The highest BCUT2D eigenvalue weighted by Gasteiger charge is 2.31. The molecule has 1 saturated heterocycles. The van der Waals surface area contributed by atoms with Gasteiger partial charge < -0.3 is 4.90 Å². The third kappa shape index (κ3) is 2.13. The fourth-order valence-corrected chi connectivity index (χ4v) is 3.79. The van der Waals surface area contributed by atoms with E-state index in [4.69, 9.17) is 0 Å². The fourth-order valence-electron chi connectivity index (χ4n) is 3.79. The Morgan fingerprint density at radius 3 is 3.00 bits per heavy atom. The van der Waals surface area contributed by atoms with Gasteiger partial charge in [-0.3, -0.25) is 0 Å². The second kappa shape index (κ2) is 4.81. The van der Waals surface area contributed by atoms with Crippen molar-refractivity contribution in [1.82, 2.24) is 4.90 Å².